The highest BCUT2D eigenvalue weighted by Crippen LogP contribution is 2.46. The van der Waals surface area contributed by atoms with Crippen LogP contribution in [-0.4, -0.2) is 62.1 Å². The van der Waals surface area contributed by atoms with Crippen LogP contribution in [0.3, 0.4) is 0 Å². The summed E-state index contributed by atoms with van der Waals surface area (Å²) in [5, 5.41) is 0. The average molecular weight is 450 g/mol. The smallest absolute Gasteiger partial charge is 0.325 e. The van der Waals surface area contributed by atoms with Gasteiger partial charge in [0, 0.05) is 25.2 Å². The zero-order chi connectivity index (χ0) is 22.9. The van der Waals surface area contributed by atoms with E-state index in [0.29, 0.717) is 18.0 Å². The number of benzene rings is 2. The number of fused-ring (bicyclic) bond motifs is 5. The molecule has 1 saturated heterocycles. The molecule has 0 aliphatic carbocycles. The van der Waals surface area contributed by atoms with Crippen LogP contribution in [0.2, 0.25) is 0 Å². The van der Waals surface area contributed by atoms with Gasteiger partial charge in [-0.25, -0.2) is 4.79 Å². The Morgan fingerprint density at radius 3 is 2.36 bits per heavy atom. The van der Waals surface area contributed by atoms with E-state index < -0.39 is 0 Å². The van der Waals surface area contributed by atoms with E-state index in [0.717, 1.165) is 54.7 Å². The van der Waals surface area contributed by atoms with E-state index in [1.54, 1.807) is 19.1 Å². The molecule has 3 aliphatic rings. The van der Waals surface area contributed by atoms with Crippen molar-refractivity contribution < 1.29 is 19.1 Å². The van der Waals surface area contributed by atoms with Crippen molar-refractivity contribution in [1.29, 1.82) is 0 Å². The Morgan fingerprint density at radius 1 is 0.939 bits per heavy atom. The van der Waals surface area contributed by atoms with Crippen LogP contribution in [0.4, 0.5) is 10.5 Å². The Balaban J connectivity index is 1.52. The fraction of sp³-hybridized carbons (Fsp3) is 0.462. The highest BCUT2D eigenvalue weighted by Gasteiger charge is 2.42. The minimum Gasteiger partial charge on any atom is -0.493 e. The van der Waals surface area contributed by atoms with Crippen molar-refractivity contribution in [3.05, 3.63) is 53.1 Å². The van der Waals surface area contributed by atoms with Crippen molar-refractivity contribution in [2.75, 3.05) is 45.3 Å². The summed E-state index contributed by atoms with van der Waals surface area (Å²) in [6.07, 6.45) is 5.13. The molecule has 0 spiro atoms. The summed E-state index contributed by atoms with van der Waals surface area (Å²) in [5.41, 5.74) is 4.06. The molecule has 174 valence electrons. The van der Waals surface area contributed by atoms with Gasteiger partial charge < -0.3 is 19.3 Å². The lowest BCUT2D eigenvalue weighted by molar-refractivity contribution is -0.129. The van der Waals surface area contributed by atoms with Crippen LogP contribution < -0.4 is 14.4 Å². The number of para-hydroxylation sites is 1. The van der Waals surface area contributed by atoms with E-state index in [2.05, 4.69) is 6.07 Å². The third kappa shape index (κ3) is 3.79. The number of carbonyl (C=O) groups excluding carboxylic acids is 2. The lowest BCUT2D eigenvalue weighted by Gasteiger charge is -2.46. The van der Waals surface area contributed by atoms with E-state index in [9.17, 15) is 9.59 Å². The van der Waals surface area contributed by atoms with Gasteiger partial charge in [0.2, 0.25) is 5.91 Å². The Labute approximate surface area is 194 Å². The molecule has 0 bridgehead atoms. The number of rotatable bonds is 4. The molecule has 5 rings (SSSR count). The molecule has 2 aromatic carbocycles. The first-order valence-electron chi connectivity index (χ1n) is 11.8. The van der Waals surface area contributed by atoms with Crippen molar-refractivity contribution in [3.63, 3.8) is 0 Å². The first kappa shape index (κ1) is 21.6. The van der Waals surface area contributed by atoms with E-state index in [1.807, 2.05) is 40.1 Å². The van der Waals surface area contributed by atoms with Crippen LogP contribution in [0.15, 0.2) is 36.4 Å². The number of hydrogen-bond acceptors (Lipinski definition) is 4. The van der Waals surface area contributed by atoms with Crippen molar-refractivity contribution in [2.45, 2.75) is 38.1 Å². The Hall–Kier alpha value is -3.22. The van der Waals surface area contributed by atoms with Crippen molar-refractivity contribution in [3.8, 4) is 11.5 Å². The van der Waals surface area contributed by atoms with Gasteiger partial charge in [0.15, 0.2) is 11.5 Å². The topological polar surface area (TPSA) is 62.3 Å². The van der Waals surface area contributed by atoms with Crippen LogP contribution in [0.1, 0.15) is 48.4 Å². The number of likely N-dealkylation sites (tertiary alicyclic amines) is 1. The van der Waals surface area contributed by atoms with Crippen LogP contribution in [0.25, 0.3) is 0 Å². The summed E-state index contributed by atoms with van der Waals surface area (Å²) in [4.78, 5) is 32.4. The molecule has 0 aromatic heterocycles. The predicted octanol–water partition coefficient (Wildman–Crippen LogP) is 3.99. The number of urea groups is 1. The first-order chi connectivity index (χ1) is 16.1. The zero-order valence-electron chi connectivity index (χ0n) is 19.4. The fourth-order valence-electron chi connectivity index (χ4n) is 5.42. The summed E-state index contributed by atoms with van der Waals surface area (Å²) in [6, 6.07) is 11.6. The van der Waals surface area contributed by atoms with Crippen molar-refractivity contribution >= 4 is 17.6 Å². The minimum absolute atomic E-state index is 0.0299. The van der Waals surface area contributed by atoms with Gasteiger partial charge in [-0.05, 0) is 48.6 Å². The lowest BCUT2D eigenvalue weighted by atomic mass is 9.85. The number of amides is 3. The largest absolute Gasteiger partial charge is 0.493 e. The monoisotopic (exact) mass is 449 g/mol. The fourth-order valence-corrected chi connectivity index (χ4v) is 5.42. The van der Waals surface area contributed by atoms with Gasteiger partial charge in [-0.15, -0.1) is 0 Å². The SMILES string of the molecule is COc1cc2c(cc1OC)[C@@H]1c3ccccc3N(CC(=O)N3CCCCCC3)C(=O)N1CC2. The van der Waals surface area contributed by atoms with E-state index >= 15 is 0 Å². The molecular weight excluding hydrogens is 418 g/mol. The highest BCUT2D eigenvalue weighted by molar-refractivity contribution is 6.01. The lowest BCUT2D eigenvalue weighted by Crippen LogP contribution is -2.54. The maximum Gasteiger partial charge on any atom is 0.325 e. The maximum atomic E-state index is 13.7. The second-order valence-corrected chi connectivity index (χ2v) is 8.97. The van der Waals surface area contributed by atoms with Gasteiger partial charge in [0.1, 0.15) is 6.54 Å². The van der Waals surface area contributed by atoms with E-state index in [1.165, 1.54) is 12.8 Å². The molecule has 3 heterocycles. The van der Waals surface area contributed by atoms with Crippen LogP contribution in [0.5, 0.6) is 11.5 Å². The van der Waals surface area contributed by atoms with Gasteiger partial charge in [-0.3, -0.25) is 9.69 Å². The Kier molecular flexibility index (Phi) is 5.87. The number of anilines is 1. The second-order valence-electron chi connectivity index (χ2n) is 8.97. The highest BCUT2D eigenvalue weighted by atomic mass is 16.5. The molecule has 1 fully saturated rings. The first-order valence-corrected chi connectivity index (χ1v) is 11.8. The molecule has 0 N–H and O–H groups in total. The molecule has 3 amide bonds. The van der Waals surface area contributed by atoms with Crippen molar-refractivity contribution in [1.82, 2.24) is 9.80 Å². The number of hydrogen-bond donors (Lipinski definition) is 0. The predicted molar refractivity (Wildman–Crippen MR) is 126 cm³/mol. The van der Waals surface area contributed by atoms with Gasteiger partial charge in [0.25, 0.3) is 0 Å². The number of nitrogens with zero attached hydrogens (tertiary/aromatic N) is 3. The van der Waals surface area contributed by atoms with E-state index in [-0.39, 0.29) is 24.5 Å². The van der Waals surface area contributed by atoms with Gasteiger partial charge in [-0.1, -0.05) is 31.0 Å². The zero-order valence-corrected chi connectivity index (χ0v) is 19.4. The normalized spacial score (nSPS) is 19.9. The molecular formula is C26H31N3O4. The summed E-state index contributed by atoms with van der Waals surface area (Å²) >= 11 is 0. The summed E-state index contributed by atoms with van der Waals surface area (Å²) in [5.74, 6) is 1.38. The second kappa shape index (κ2) is 8.96. The minimum atomic E-state index is -0.207. The summed E-state index contributed by atoms with van der Waals surface area (Å²) in [6.45, 7) is 2.24. The average Bonchev–Trinajstić information content (AvgIpc) is 3.14. The van der Waals surface area contributed by atoms with E-state index in [4.69, 9.17) is 9.47 Å². The van der Waals surface area contributed by atoms with Crippen LogP contribution in [0, 0.1) is 0 Å². The summed E-state index contributed by atoms with van der Waals surface area (Å²) < 4.78 is 11.1. The van der Waals surface area contributed by atoms with Gasteiger partial charge in [0.05, 0.1) is 25.9 Å². The Morgan fingerprint density at radius 2 is 1.64 bits per heavy atom. The van der Waals surface area contributed by atoms with Crippen molar-refractivity contribution in [2.24, 2.45) is 0 Å². The molecule has 3 aliphatic heterocycles. The molecule has 33 heavy (non-hydrogen) atoms. The molecule has 0 unspecified atom stereocenters. The Bertz CT molecular complexity index is 1060. The number of methoxy groups -OCH3 is 2. The van der Waals surface area contributed by atoms with Gasteiger partial charge in [-0.2, -0.15) is 0 Å². The third-order valence-electron chi connectivity index (χ3n) is 7.12. The third-order valence-corrected chi connectivity index (χ3v) is 7.12. The molecule has 0 saturated carbocycles. The number of ether oxygens (including phenoxy) is 2. The van der Waals surface area contributed by atoms with Gasteiger partial charge >= 0.3 is 6.03 Å². The maximum absolute atomic E-state index is 13.7. The molecule has 7 nitrogen and oxygen atoms in total. The molecule has 0 radical (unpaired) electrons. The molecule has 7 heteroatoms. The van der Waals surface area contributed by atoms with Crippen LogP contribution >= 0.6 is 0 Å². The van der Waals surface area contributed by atoms with Crippen LogP contribution in [-0.2, 0) is 11.2 Å². The quantitative estimate of drug-likeness (QED) is 0.708. The standard InChI is InChI=1S/C26H31N3O4/c1-32-22-15-18-11-14-28-25(20(18)16-23(22)33-2)19-9-5-6-10-21(19)29(26(28)31)17-24(30)27-12-7-3-4-8-13-27/h5-6,9-10,15-16,25H,3-4,7-8,11-14,17H2,1-2H3/t25-/m0/s1. The number of carbonyl (C=O) groups is 2. The molecule has 2 aromatic rings. The summed E-state index contributed by atoms with van der Waals surface area (Å²) in [7, 11) is 3.26. The molecule has 1 atom stereocenters.